The highest BCUT2D eigenvalue weighted by Crippen LogP contribution is 2.17. The molecule has 18 heavy (non-hydrogen) atoms. The summed E-state index contributed by atoms with van der Waals surface area (Å²) in [7, 11) is 1.73. The van der Waals surface area contributed by atoms with Crippen LogP contribution in [0.5, 0.6) is 0 Å². The molecule has 0 radical (unpaired) electrons. The number of nitrogens with one attached hydrogen (secondary N) is 2. The van der Waals surface area contributed by atoms with E-state index < -0.39 is 0 Å². The van der Waals surface area contributed by atoms with Crippen molar-refractivity contribution in [1.29, 1.82) is 0 Å². The topological polar surface area (TPSA) is 66.9 Å². The lowest BCUT2D eigenvalue weighted by Crippen LogP contribution is -2.23. The highest BCUT2D eigenvalue weighted by Gasteiger charge is 2.11. The van der Waals surface area contributed by atoms with Crippen LogP contribution in [0.4, 0.5) is 5.82 Å². The molecule has 5 nitrogen and oxygen atoms in total. The van der Waals surface area contributed by atoms with E-state index in [0.717, 1.165) is 5.69 Å². The van der Waals surface area contributed by atoms with Gasteiger partial charge in [-0.2, -0.15) is 0 Å². The van der Waals surface area contributed by atoms with Crippen molar-refractivity contribution >= 4 is 34.7 Å². The second-order valence-corrected chi connectivity index (χ2v) is 4.59. The number of carbonyl (C=O) groups excluding carboxylic acids is 1. The second-order valence-electron chi connectivity index (χ2n) is 3.46. The molecule has 2 heterocycles. The van der Waals surface area contributed by atoms with Crippen molar-refractivity contribution in [3.8, 4) is 0 Å². The molecule has 0 fully saturated rings. The zero-order chi connectivity index (χ0) is 13.0. The Kier molecular flexibility index (Phi) is 4.11. The highest BCUT2D eigenvalue weighted by atomic mass is 35.5. The van der Waals surface area contributed by atoms with Gasteiger partial charge in [0, 0.05) is 18.6 Å². The van der Waals surface area contributed by atoms with E-state index in [0.29, 0.717) is 22.9 Å². The Morgan fingerprint density at radius 3 is 3.00 bits per heavy atom. The van der Waals surface area contributed by atoms with Gasteiger partial charge in [-0.1, -0.05) is 11.6 Å². The number of anilines is 1. The molecule has 0 aliphatic heterocycles. The summed E-state index contributed by atoms with van der Waals surface area (Å²) in [4.78, 5) is 20.1. The van der Waals surface area contributed by atoms with Gasteiger partial charge >= 0.3 is 0 Å². The van der Waals surface area contributed by atoms with Crippen LogP contribution < -0.4 is 10.6 Å². The van der Waals surface area contributed by atoms with Gasteiger partial charge in [0.1, 0.15) is 5.82 Å². The minimum Gasteiger partial charge on any atom is -0.373 e. The third-order valence-corrected chi connectivity index (χ3v) is 3.21. The van der Waals surface area contributed by atoms with Gasteiger partial charge in [0.05, 0.1) is 28.3 Å². The monoisotopic (exact) mass is 282 g/mol. The maximum absolute atomic E-state index is 12.0. The van der Waals surface area contributed by atoms with Crippen molar-refractivity contribution in [2.75, 3.05) is 12.4 Å². The van der Waals surface area contributed by atoms with Crippen molar-refractivity contribution in [3.05, 3.63) is 39.4 Å². The number of halogens is 1. The lowest BCUT2D eigenvalue weighted by molar-refractivity contribution is 0.0950. The van der Waals surface area contributed by atoms with E-state index in [1.54, 1.807) is 18.6 Å². The molecule has 1 amide bonds. The lowest BCUT2D eigenvalue weighted by Gasteiger charge is -2.07. The molecule has 0 aromatic carbocycles. The molecule has 94 valence electrons. The Labute approximate surface area is 113 Å². The second kappa shape index (κ2) is 5.79. The molecule has 0 spiro atoms. The van der Waals surface area contributed by atoms with Gasteiger partial charge in [-0.05, 0) is 6.07 Å². The van der Waals surface area contributed by atoms with Crippen molar-refractivity contribution in [2.45, 2.75) is 6.54 Å². The summed E-state index contributed by atoms with van der Waals surface area (Å²) in [5.74, 6) is 0.352. The fourth-order valence-corrected chi connectivity index (χ4v) is 2.09. The van der Waals surface area contributed by atoms with Gasteiger partial charge in [-0.15, -0.1) is 11.3 Å². The van der Waals surface area contributed by atoms with E-state index in [2.05, 4.69) is 20.6 Å². The molecule has 2 N–H and O–H groups in total. The van der Waals surface area contributed by atoms with Crippen LogP contribution in [0.15, 0.2) is 23.2 Å². The van der Waals surface area contributed by atoms with E-state index in [4.69, 9.17) is 11.6 Å². The predicted octanol–water partition coefficient (Wildman–Crippen LogP) is 2.16. The number of rotatable bonds is 4. The van der Waals surface area contributed by atoms with Crippen molar-refractivity contribution in [2.24, 2.45) is 0 Å². The van der Waals surface area contributed by atoms with Crippen LogP contribution in [0.2, 0.25) is 5.02 Å². The van der Waals surface area contributed by atoms with Crippen molar-refractivity contribution < 1.29 is 4.79 Å². The van der Waals surface area contributed by atoms with Gasteiger partial charge in [-0.25, -0.2) is 9.97 Å². The Morgan fingerprint density at radius 2 is 2.33 bits per heavy atom. The summed E-state index contributed by atoms with van der Waals surface area (Å²) in [5, 5.41) is 7.82. The summed E-state index contributed by atoms with van der Waals surface area (Å²) in [6, 6.07) is 1.61. The number of aromatic nitrogens is 2. The average molecular weight is 283 g/mol. The van der Waals surface area contributed by atoms with E-state index >= 15 is 0 Å². The number of hydrogen-bond acceptors (Lipinski definition) is 5. The molecule has 0 saturated carbocycles. The van der Waals surface area contributed by atoms with Gasteiger partial charge in [-0.3, -0.25) is 4.79 Å². The minimum atomic E-state index is -0.244. The minimum absolute atomic E-state index is 0.244. The summed E-state index contributed by atoms with van der Waals surface area (Å²) >= 11 is 7.43. The molecule has 7 heteroatoms. The number of hydrogen-bond donors (Lipinski definition) is 2. The van der Waals surface area contributed by atoms with Crippen LogP contribution in [0, 0.1) is 0 Å². The summed E-state index contributed by atoms with van der Waals surface area (Å²) in [6.07, 6.45) is 1.45. The first-order chi connectivity index (χ1) is 8.70. The van der Waals surface area contributed by atoms with Crippen molar-refractivity contribution in [3.63, 3.8) is 0 Å². The molecular formula is C11H11ClN4OS. The first-order valence-electron chi connectivity index (χ1n) is 5.19. The molecule has 2 rings (SSSR count). The third kappa shape index (κ3) is 2.96. The summed E-state index contributed by atoms with van der Waals surface area (Å²) < 4.78 is 0. The predicted molar refractivity (Wildman–Crippen MR) is 72.1 cm³/mol. The molecular weight excluding hydrogens is 272 g/mol. The third-order valence-electron chi connectivity index (χ3n) is 2.27. The Balaban J connectivity index is 2.08. The van der Waals surface area contributed by atoms with Gasteiger partial charge in [0.2, 0.25) is 0 Å². The van der Waals surface area contributed by atoms with E-state index in [1.165, 1.54) is 17.5 Å². The molecule has 2 aromatic rings. The summed E-state index contributed by atoms with van der Waals surface area (Å²) in [6.45, 7) is 0.385. The first-order valence-corrected chi connectivity index (χ1v) is 6.51. The van der Waals surface area contributed by atoms with Crippen LogP contribution >= 0.6 is 22.9 Å². The van der Waals surface area contributed by atoms with Crippen LogP contribution in [0.3, 0.4) is 0 Å². The van der Waals surface area contributed by atoms with Crippen LogP contribution in [0.25, 0.3) is 0 Å². The lowest BCUT2D eigenvalue weighted by atomic mass is 10.2. The first kappa shape index (κ1) is 12.8. The number of pyridine rings is 1. The van der Waals surface area contributed by atoms with Crippen molar-refractivity contribution in [1.82, 2.24) is 15.3 Å². The van der Waals surface area contributed by atoms with E-state index in [-0.39, 0.29) is 5.91 Å². The quantitative estimate of drug-likeness (QED) is 0.902. The Hall–Kier alpha value is -1.66. The highest BCUT2D eigenvalue weighted by molar-refractivity contribution is 7.07. The zero-order valence-electron chi connectivity index (χ0n) is 9.61. The smallest absolute Gasteiger partial charge is 0.253 e. The molecule has 0 bridgehead atoms. The van der Waals surface area contributed by atoms with Gasteiger partial charge in [0.25, 0.3) is 5.91 Å². The maximum atomic E-state index is 12.0. The van der Waals surface area contributed by atoms with Crippen LogP contribution in [-0.2, 0) is 6.54 Å². The number of carbonyl (C=O) groups is 1. The summed E-state index contributed by atoms with van der Waals surface area (Å²) in [5.41, 5.74) is 2.94. The largest absolute Gasteiger partial charge is 0.373 e. The van der Waals surface area contributed by atoms with Gasteiger partial charge < -0.3 is 10.6 Å². The Morgan fingerprint density at radius 1 is 1.50 bits per heavy atom. The fourth-order valence-electron chi connectivity index (χ4n) is 1.34. The molecule has 2 aromatic heterocycles. The SMILES string of the molecule is CNc1cc(C(=O)NCc2cscn2)c(Cl)cn1. The Bertz CT molecular complexity index is 544. The molecule has 0 atom stereocenters. The molecule has 0 aliphatic rings. The average Bonchev–Trinajstić information content (AvgIpc) is 2.89. The van der Waals surface area contributed by atoms with E-state index in [1.807, 2.05) is 5.38 Å². The molecule has 0 unspecified atom stereocenters. The van der Waals surface area contributed by atoms with Crippen LogP contribution in [0.1, 0.15) is 16.1 Å². The standard InChI is InChI=1S/C11H11ClN4OS/c1-13-10-2-8(9(12)4-14-10)11(17)15-3-7-5-18-6-16-7/h2,4-6H,3H2,1H3,(H,13,14)(H,15,17). The normalized spacial score (nSPS) is 10.1. The van der Waals surface area contributed by atoms with Gasteiger partial charge in [0.15, 0.2) is 0 Å². The maximum Gasteiger partial charge on any atom is 0.253 e. The van der Waals surface area contributed by atoms with Crippen LogP contribution in [-0.4, -0.2) is 22.9 Å². The zero-order valence-corrected chi connectivity index (χ0v) is 11.2. The number of thiazole rings is 1. The molecule has 0 saturated heterocycles. The number of nitrogens with zero attached hydrogens (tertiary/aromatic N) is 2. The molecule has 0 aliphatic carbocycles. The number of amides is 1. The fraction of sp³-hybridized carbons (Fsp3) is 0.182. The van der Waals surface area contributed by atoms with E-state index in [9.17, 15) is 4.79 Å².